The molecule has 0 saturated heterocycles. The highest BCUT2D eigenvalue weighted by Gasteiger charge is 2.31. The maximum Gasteiger partial charge on any atom is 0.243 e. The van der Waals surface area contributed by atoms with Crippen LogP contribution in [0.4, 0.5) is 0 Å². The quantitative estimate of drug-likeness (QED) is 0.343. The van der Waals surface area contributed by atoms with Crippen LogP contribution in [0.2, 0.25) is 10.0 Å². The summed E-state index contributed by atoms with van der Waals surface area (Å²) in [5.74, 6) is -0.285. The number of carbonyl (C=O) groups is 2. The van der Waals surface area contributed by atoms with Crippen molar-refractivity contribution in [1.29, 1.82) is 0 Å². The van der Waals surface area contributed by atoms with E-state index in [0.29, 0.717) is 16.5 Å². The summed E-state index contributed by atoms with van der Waals surface area (Å²) in [5.41, 5.74) is 3.78. The minimum Gasteiger partial charge on any atom is -0.352 e. The van der Waals surface area contributed by atoms with Crippen molar-refractivity contribution >= 4 is 35.0 Å². The molecule has 3 rings (SSSR count). The van der Waals surface area contributed by atoms with Crippen molar-refractivity contribution in [3.8, 4) is 0 Å². The van der Waals surface area contributed by atoms with Crippen molar-refractivity contribution in [2.24, 2.45) is 0 Å². The summed E-state index contributed by atoms with van der Waals surface area (Å²) < 4.78 is 0. The van der Waals surface area contributed by atoms with Crippen molar-refractivity contribution in [2.75, 3.05) is 0 Å². The van der Waals surface area contributed by atoms with Crippen LogP contribution in [0.1, 0.15) is 42.5 Å². The Morgan fingerprint density at radius 3 is 2.26 bits per heavy atom. The van der Waals surface area contributed by atoms with Crippen LogP contribution in [-0.4, -0.2) is 28.8 Å². The molecule has 0 spiro atoms. The van der Waals surface area contributed by atoms with Crippen LogP contribution >= 0.6 is 23.2 Å². The van der Waals surface area contributed by atoms with Crippen LogP contribution in [0, 0.1) is 6.92 Å². The van der Waals surface area contributed by atoms with Crippen molar-refractivity contribution in [2.45, 2.75) is 58.7 Å². The fourth-order valence-corrected chi connectivity index (χ4v) is 4.22. The molecule has 0 bridgehead atoms. The van der Waals surface area contributed by atoms with Crippen LogP contribution < -0.4 is 5.32 Å². The highest BCUT2D eigenvalue weighted by atomic mass is 35.5. The number of nitrogens with one attached hydrogen (secondary N) is 1. The van der Waals surface area contributed by atoms with Crippen molar-refractivity contribution in [3.05, 3.63) is 105 Å². The van der Waals surface area contributed by atoms with Gasteiger partial charge >= 0.3 is 0 Å². The molecule has 0 unspecified atom stereocenters. The maximum atomic E-state index is 13.8. The zero-order valence-electron chi connectivity index (χ0n) is 20.4. The maximum absolute atomic E-state index is 13.8. The molecule has 0 fully saturated rings. The Kier molecular flexibility index (Phi) is 9.76. The zero-order valence-corrected chi connectivity index (χ0v) is 21.9. The predicted octanol–water partition coefficient (Wildman–Crippen LogP) is 6.40. The second-order valence-electron chi connectivity index (χ2n) is 8.90. The summed E-state index contributed by atoms with van der Waals surface area (Å²) in [6, 6.07) is 22.2. The molecule has 0 radical (unpaired) electrons. The molecule has 1 N–H and O–H groups in total. The summed E-state index contributed by atoms with van der Waals surface area (Å²) in [4.78, 5) is 29.0. The van der Waals surface area contributed by atoms with Gasteiger partial charge in [0.2, 0.25) is 11.8 Å². The number of amides is 2. The second kappa shape index (κ2) is 12.8. The Balaban J connectivity index is 2.00. The molecule has 0 aromatic heterocycles. The molecule has 0 aliphatic heterocycles. The molecule has 3 aromatic rings. The molecule has 0 aliphatic carbocycles. The fourth-order valence-electron chi connectivity index (χ4n) is 3.90. The standard InChI is InChI=1S/C29H32Cl2N2O2/c1-4-21(3)32-29(35)27(17-22-11-6-5-7-12-22)33(19-23-14-15-25(30)26(31)16-23)28(34)18-24-13-9-8-10-20(24)2/h5-16,21,27H,4,17-19H2,1-3H3,(H,32,35)/t21-,27-/m0/s1. The van der Waals surface area contributed by atoms with Crippen LogP contribution in [-0.2, 0) is 29.0 Å². The van der Waals surface area contributed by atoms with Crippen LogP contribution in [0.15, 0.2) is 72.8 Å². The van der Waals surface area contributed by atoms with Gasteiger partial charge in [0.1, 0.15) is 6.04 Å². The van der Waals surface area contributed by atoms with Gasteiger partial charge in [0.25, 0.3) is 0 Å². The average Bonchev–Trinajstić information content (AvgIpc) is 2.85. The Hall–Kier alpha value is -2.82. The third-order valence-electron chi connectivity index (χ3n) is 6.21. The summed E-state index contributed by atoms with van der Waals surface area (Å²) in [7, 11) is 0. The highest BCUT2D eigenvalue weighted by Crippen LogP contribution is 2.25. The number of benzene rings is 3. The lowest BCUT2D eigenvalue weighted by Crippen LogP contribution is -2.52. The summed E-state index contributed by atoms with van der Waals surface area (Å²) in [6.45, 7) is 6.22. The average molecular weight is 511 g/mol. The number of hydrogen-bond acceptors (Lipinski definition) is 2. The van der Waals surface area contributed by atoms with Crippen molar-refractivity contribution in [1.82, 2.24) is 10.2 Å². The van der Waals surface area contributed by atoms with E-state index in [9.17, 15) is 9.59 Å². The number of halogens is 2. The SMILES string of the molecule is CC[C@H](C)NC(=O)[C@H](Cc1ccccc1)N(Cc1ccc(Cl)c(Cl)c1)C(=O)Cc1ccccc1C. The molecule has 0 aliphatic rings. The summed E-state index contributed by atoms with van der Waals surface area (Å²) >= 11 is 12.4. The third kappa shape index (κ3) is 7.58. The molecular formula is C29H32Cl2N2O2. The second-order valence-corrected chi connectivity index (χ2v) is 9.71. The van der Waals surface area contributed by atoms with E-state index in [0.717, 1.165) is 28.7 Å². The number of nitrogens with zero attached hydrogens (tertiary/aromatic N) is 1. The van der Waals surface area contributed by atoms with E-state index < -0.39 is 6.04 Å². The van der Waals surface area contributed by atoms with Gasteiger partial charge in [-0.1, -0.05) is 90.8 Å². The van der Waals surface area contributed by atoms with E-state index in [1.807, 2.05) is 81.4 Å². The summed E-state index contributed by atoms with van der Waals surface area (Å²) in [5, 5.41) is 3.95. The normalized spacial score (nSPS) is 12.6. The Morgan fingerprint density at radius 1 is 0.914 bits per heavy atom. The molecule has 2 amide bonds. The first-order valence-corrected chi connectivity index (χ1v) is 12.7. The first kappa shape index (κ1) is 26.8. The molecule has 184 valence electrons. The minimum absolute atomic E-state index is 0.000862. The number of hydrogen-bond donors (Lipinski definition) is 1. The van der Waals surface area contributed by atoms with Gasteiger partial charge in [-0.25, -0.2) is 0 Å². The Bertz CT molecular complexity index is 1150. The summed E-state index contributed by atoms with van der Waals surface area (Å²) in [6.07, 6.45) is 1.41. The van der Waals surface area contributed by atoms with E-state index in [1.54, 1.807) is 17.0 Å². The number of carbonyl (C=O) groups excluding carboxylic acids is 2. The van der Waals surface area contributed by atoms with Gasteiger partial charge in [-0.15, -0.1) is 0 Å². The zero-order chi connectivity index (χ0) is 25.4. The molecule has 0 heterocycles. The Labute approximate surface area is 218 Å². The lowest BCUT2D eigenvalue weighted by Gasteiger charge is -2.32. The van der Waals surface area contributed by atoms with Gasteiger partial charge in [-0.05, 0) is 54.7 Å². The van der Waals surface area contributed by atoms with Gasteiger partial charge in [-0.3, -0.25) is 9.59 Å². The molecule has 6 heteroatoms. The van der Waals surface area contributed by atoms with Gasteiger partial charge in [0.15, 0.2) is 0 Å². The molecule has 2 atom stereocenters. The van der Waals surface area contributed by atoms with Crippen LogP contribution in [0.5, 0.6) is 0 Å². The monoisotopic (exact) mass is 510 g/mol. The largest absolute Gasteiger partial charge is 0.352 e. The molecule has 0 saturated carbocycles. The number of rotatable bonds is 10. The Morgan fingerprint density at radius 2 is 1.60 bits per heavy atom. The van der Waals surface area contributed by atoms with Gasteiger partial charge in [-0.2, -0.15) is 0 Å². The van der Waals surface area contributed by atoms with Crippen molar-refractivity contribution in [3.63, 3.8) is 0 Å². The van der Waals surface area contributed by atoms with E-state index >= 15 is 0 Å². The fraction of sp³-hybridized carbons (Fsp3) is 0.310. The van der Waals surface area contributed by atoms with E-state index in [4.69, 9.17) is 23.2 Å². The topological polar surface area (TPSA) is 49.4 Å². The molecular weight excluding hydrogens is 479 g/mol. The van der Waals surface area contributed by atoms with Gasteiger partial charge in [0.05, 0.1) is 16.5 Å². The molecule has 3 aromatic carbocycles. The van der Waals surface area contributed by atoms with Gasteiger partial charge < -0.3 is 10.2 Å². The predicted molar refractivity (Wildman–Crippen MR) is 144 cm³/mol. The van der Waals surface area contributed by atoms with E-state index in [-0.39, 0.29) is 30.8 Å². The minimum atomic E-state index is -0.683. The van der Waals surface area contributed by atoms with Crippen LogP contribution in [0.25, 0.3) is 0 Å². The van der Waals surface area contributed by atoms with Gasteiger partial charge in [0, 0.05) is 19.0 Å². The van der Waals surface area contributed by atoms with Crippen LogP contribution in [0.3, 0.4) is 0 Å². The lowest BCUT2D eigenvalue weighted by molar-refractivity contribution is -0.141. The smallest absolute Gasteiger partial charge is 0.243 e. The number of aryl methyl sites for hydroxylation is 1. The molecule has 4 nitrogen and oxygen atoms in total. The molecule has 35 heavy (non-hydrogen) atoms. The first-order chi connectivity index (χ1) is 16.8. The van der Waals surface area contributed by atoms with Crippen molar-refractivity contribution < 1.29 is 9.59 Å². The van der Waals surface area contributed by atoms with E-state index in [2.05, 4.69) is 5.32 Å². The first-order valence-electron chi connectivity index (χ1n) is 11.9. The third-order valence-corrected chi connectivity index (χ3v) is 6.95. The lowest BCUT2D eigenvalue weighted by atomic mass is 10.00. The van der Waals surface area contributed by atoms with E-state index in [1.165, 1.54) is 0 Å². The highest BCUT2D eigenvalue weighted by molar-refractivity contribution is 6.42.